The minimum atomic E-state index is -2.87. The summed E-state index contributed by atoms with van der Waals surface area (Å²) >= 11 is 0. The van der Waals surface area contributed by atoms with Gasteiger partial charge in [0, 0.05) is 11.4 Å². The highest BCUT2D eigenvalue weighted by Crippen LogP contribution is 2.22. The number of hydrogen-bond donors (Lipinski definition) is 1. The van der Waals surface area contributed by atoms with Crippen LogP contribution in [0.1, 0.15) is 17.0 Å². The number of nitrogens with one attached hydrogen (secondary N) is 1. The highest BCUT2D eigenvalue weighted by Gasteiger charge is 2.10. The Labute approximate surface area is 126 Å². The van der Waals surface area contributed by atoms with Gasteiger partial charge in [0.25, 0.3) is 0 Å². The van der Waals surface area contributed by atoms with Crippen LogP contribution in [0.25, 0.3) is 0 Å². The van der Waals surface area contributed by atoms with E-state index in [0.29, 0.717) is 11.3 Å². The van der Waals surface area contributed by atoms with Crippen molar-refractivity contribution in [2.75, 3.05) is 5.32 Å². The van der Waals surface area contributed by atoms with Crippen molar-refractivity contribution >= 4 is 11.6 Å². The monoisotopic (exact) mass is 309 g/mol. The van der Waals surface area contributed by atoms with Crippen molar-refractivity contribution < 1.29 is 18.3 Å². The van der Waals surface area contributed by atoms with E-state index in [1.54, 1.807) is 11.6 Å². The predicted molar refractivity (Wildman–Crippen MR) is 78.1 cm³/mol. The van der Waals surface area contributed by atoms with Crippen LogP contribution in [0.5, 0.6) is 5.75 Å². The summed E-state index contributed by atoms with van der Waals surface area (Å²) in [5, 5.41) is 6.95. The largest absolute Gasteiger partial charge is 0.435 e. The smallest absolute Gasteiger partial charge is 0.387 e. The second-order valence-electron chi connectivity index (χ2n) is 4.99. The minimum Gasteiger partial charge on any atom is -0.435 e. The van der Waals surface area contributed by atoms with Gasteiger partial charge in [-0.3, -0.25) is 9.48 Å². The zero-order valence-corrected chi connectivity index (χ0v) is 12.6. The molecule has 0 bridgehead atoms. The number of carbonyl (C=O) groups is 1. The Kier molecular flexibility index (Phi) is 4.75. The Morgan fingerprint density at radius 2 is 2.05 bits per heavy atom. The molecule has 0 saturated carbocycles. The van der Waals surface area contributed by atoms with Gasteiger partial charge in [0.1, 0.15) is 12.3 Å². The molecule has 0 saturated heterocycles. The molecular formula is C15H17F2N3O2. The molecule has 1 aromatic carbocycles. The number of aryl methyl sites for hydroxylation is 3. The molecule has 7 heteroatoms. The summed E-state index contributed by atoms with van der Waals surface area (Å²) in [5.41, 5.74) is 2.92. The molecule has 2 rings (SSSR count). The number of ether oxygens (including phenoxy) is 1. The van der Waals surface area contributed by atoms with Crippen molar-refractivity contribution in [3.05, 3.63) is 41.2 Å². The van der Waals surface area contributed by atoms with Crippen LogP contribution in [-0.4, -0.2) is 22.3 Å². The van der Waals surface area contributed by atoms with Crippen molar-refractivity contribution in [2.24, 2.45) is 0 Å². The van der Waals surface area contributed by atoms with Crippen LogP contribution in [0.2, 0.25) is 0 Å². The van der Waals surface area contributed by atoms with Crippen molar-refractivity contribution in [3.8, 4) is 5.75 Å². The number of nitrogens with zero attached hydrogens (tertiary/aromatic N) is 2. The summed E-state index contributed by atoms with van der Waals surface area (Å²) in [4.78, 5) is 12.0. The number of carbonyl (C=O) groups excluding carboxylic acids is 1. The topological polar surface area (TPSA) is 56.2 Å². The first-order valence-corrected chi connectivity index (χ1v) is 6.71. The number of benzene rings is 1. The van der Waals surface area contributed by atoms with Gasteiger partial charge in [0.05, 0.1) is 5.69 Å². The quantitative estimate of drug-likeness (QED) is 0.923. The van der Waals surface area contributed by atoms with Crippen LogP contribution in [-0.2, 0) is 11.3 Å². The SMILES string of the molecule is Cc1cc(C)n(CC(=O)Nc2ccc(OC(F)F)cc2C)n1. The standard InChI is InChI=1S/C15H17F2N3O2/c1-9-6-12(22-15(16)17)4-5-13(9)18-14(21)8-20-11(3)7-10(2)19-20/h4-7,15H,8H2,1-3H3,(H,18,21). The summed E-state index contributed by atoms with van der Waals surface area (Å²) < 4.78 is 30.2. The maximum atomic E-state index is 12.1. The maximum absolute atomic E-state index is 12.1. The average molecular weight is 309 g/mol. The molecule has 0 atom stereocenters. The fourth-order valence-electron chi connectivity index (χ4n) is 2.11. The van der Waals surface area contributed by atoms with Gasteiger partial charge in [-0.2, -0.15) is 13.9 Å². The number of aromatic nitrogens is 2. The van der Waals surface area contributed by atoms with Crippen LogP contribution >= 0.6 is 0 Å². The number of halogens is 2. The minimum absolute atomic E-state index is 0.0593. The lowest BCUT2D eigenvalue weighted by molar-refractivity contribution is -0.117. The first kappa shape index (κ1) is 15.9. The molecule has 0 spiro atoms. The van der Waals surface area contributed by atoms with E-state index in [-0.39, 0.29) is 18.2 Å². The van der Waals surface area contributed by atoms with Gasteiger partial charge >= 0.3 is 6.61 Å². The van der Waals surface area contributed by atoms with E-state index in [2.05, 4.69) is 15.2 Å². The van der Waals surface area contributed by atoms with Crippen molar-refractivity contribution in [1.29, 1.82) is 0 Å². The summed E-state index contributed by atoms with van der Waals surface area (Å²) in [5.74, 6) is -0.180. The van der Waals surface area contributed by atoms with Crippen molar-refractivity contribution in [2.45, 2.75) is 33.9 Å². The van der Waals surface area contributed by atoms with Crippen LogP contribution in [0.3, 0.4) is 0 Å². The molecule has 1 amide bonds. The molecule has 1 aromatic heterocycles. The second-order valence-corrected chi connectivity index (χ2v) is 4.99. The van der Waals surface area contributed by atoms with E-state index in [9.17, 15) is 13.6 Å². The van der Waals surface area contributed by atoms with E-state index in [0.717, 1.165) is 11.4 Å². The van der Waals surface area contributed by atoms with Crippen LogP contribution in [0.15, 0.2) is 24.3 Å². The summed E-state index contributed by atoms with van der Waals surface area (Å²) in [6.45, 7) is 2.65. The fraction of sp³-hybridized carbons (Fsp3) is 0.333. The molecule has 1 N–H and O–H groups in total. The normalized spacial score (nSPS) is 10.8. The molecule has 22 heavy (non-hydrogen) atoms. The molecule has 0 aliphatic heterocycles. The number of alkyl halides is 2. The van der Waals surface area contributed by atoms with Gasteiger partial charge in [-0.25, -0.2) is 0 Å². The van der Waals surface area contributed by atoms with Crippen molar-refractivity contribution in [3.63, 3.8) is 0 Å². The first-order chi connectivity index (χ1) is 10.3. The molecule has 0 unspecified atom stereocenters. The Morgan fingerprint density at radius 3 is 2.59 bits per heavy atom. The van der Waals surface area contributed by atoms with Gasteiger partial charge in [0.15, 0.2) is 0 Å². The molecule has 0 aliphatic rings. The highest BCUT2D eigenvalue weighted by molar-refractivity contribution is 5.91. The van der Waals surface area contributed by atoms with E-state index >= 15 is 0 Å². The third-order valence-electron chi connectivity index (χ3n) is 3.09. The molecule has 0 fully saturated rings. The summed E-state index contributed by atoms with van der Waals surface area (Å²) in [6, 6.07) is 6.25. The van der Waals surface area contributed by atoms with E-state index < -0.39 is 6.61 Å². The number of hydrogen-bond acceptors (Lipinski definition) is 3. The van der Waals surface area contributed by atoms with Crippen molar-refractivity contribution in [1.82, 2.24) is 9.78 Å². The van der Waals surface area contributed by atoms with E-state index in [1.165, 1.54) is 18.2 Å². The molecule has 0 aliphatic carbocycles. The van der Waals surface area contributed by atoms with Crippen LogP contribution in [0.4, 0.5) is 14.5 Å². The Morgan fingerprint density at radius 1 is 1.32 bits per heavy atom. The Bertz CT molecular complexity index is 683. The van der Waals surface area contributed by atoms with Gasteiger partial charge in [0.2, 0.25) is 5.91 Å². The van der Waals surface area contributed by atoms with E-state index in [4.69, 9.17) is 0 Å². The molecular weight excluding hydrogens is 292 g/mol. The molecule has 0 radical (unpaired) electrons. The maximum Gasteiger partial charge on any atom is 0.387 e. The molecule has 1 heterocycles. The number of amides is 1. The van der Waals surface area contributed by atoms with E-state index in [1.807, 2.05) is 19.9 Å². The zero-order chi connectivity index (χ0) is 16.3. The van der Waals surface area contributed by atoms with Crippen LogP contribution < -0.4 is 10.1 Å². The summed E-state index contributed by atoms with van der Waals surface area (Å²) in [7, 11) is 0. The van der Waals surface area contributed by atoms with Gasteiger partial charge < -0.3 is 10.1 Å². The third-order valence-corrected chi connectivity index (χ3v) is 3.09. The van der Waals surface area contributed by atoms with Gasteiger partial charge in [-0.05, 0) is 50.6 Å². The molecule has 118 valence electrons. The average Bonchev–Trinajstić information content (AvgIpc) is 2.70. The predicted octanol–water partition coefficient (Wildman–Crippen LogP) is 3.05. The lowest BCUT2D eigenvalue weighted by Gasteiger charge is -2.11. The molecule has 2 aromatic rings. The second kappa shape index (κ2) is 6.55. The van der Waals surface area contributed by atoms with Gasteiger partial charge in [-0.15, -0.1) is 0 Å². The lowest BCUT2D eigenvalue weighted by atomic mass is 10.2. The van der Waals surface area contributed by atoms with Crippen LogP contribution in [0, 0.1) is 20.8 Å². The molecule has 5 nitrogen and oxygen atoms in total. The zero-order valence-electron chi connectivity index (χ0n) is 12.6. The number of anilines is 1. The highest BCUT2D eigenvalue weighted by atomic mass is 19.3. The Balaban J connectivity index is 2.04. The third kappa shape index (κ3) is 4.03. The first-order valence-electron chi connectivity index (χ1n) is 6.71. The summed E-state index contributed by atoms with van der Waals surface area (Å²) in [6.07, 6.45) is 0. The Hall–Kier alpha value is -2.44. The lowest BCUT2D eigenvalue weighted by Crippen LogP contribution is -2.20. The number of rotatable bonds is 5. The van der Waals surface area contributed by atoms with Gasteiger partial charge in [-0.1, -0.05) is 0 Å². The fourth-order valence-corrected chi connectivity index (χ4v) is 2.11.